The molecule has 0 aliphatic rings. The van der Waals surface area contributed by atoms with Gasteiger partial charge in [0.1, 0.15) is 15.9 Å². The molecule has 1 rings (SSSR count). The van der Waals surface area contributed by atoms with Crippen LogP contribution < -0.4 is 61.9 Å². The fraction of sp³-hybridized carbons (Fsp3) is 0.143. The van der Waals surface area contributed by atoms with Crippen LogP contribution in [0.3, 0.4) is 0 Å². The maximum absolute atomic E-state index is 10.7. The van der Waals surface area contributed by atoms with Gasteiger partial charge in [0, 0.05) is 5.69 Å². The van der Waals surface area contributed by atoms with Crippen molar-refractivity contribution in [2.45, 2.75) is 4.90 Å². The molecule has 1 aromatic carbocycles. The smallest absolute Gasteiger partial charge is 0.744 e. The number of anilines is 1. The van der Waals surface area contributed by atoms with E-state index in [1.807, 2.05) is 0 Å². The molecule has 5 nitrogen and oxygen atoms in total. The van der Waals surface area contributed by atoms with Crippen LogP contribution >= 0.6 is 0 Å². The Morgan fingerprint density at radius 3 is 2.43 bits per heavy atom. The molecule has 0 radical (unpaired) electrons. The molecular weight excluding hydrogens is 233 g/mol. The zero-order valence-electron chi connectivity index (χ0n) is 7.85. The summed E-state index contributed by atoms with van der Waals surface area (Å²) in [5, 5.41) is 0. The Morgan fingerprint density at radius 1 is 1.43 bits per heavy atom. The molecule has 0 saturated heterocycles. The van der Waals surface area contributed by atoms with E-state index in [0.717, 1.165) is 6.07 Å². The maximum atomic E-state index is 10.7. The minimum Gasteiger partial charge on any atom is -0.744 e. The van der Waals surface area contributed by atoms with Gasteiger partial charge in [0.15, 0.2) is 0 Å². The first-order valence-corrected chi connectivity index (χ1v) is 4.75. The second kappa shape index (κ2) is 5.45. The number of nitrogen functional groups attached to an aromatic ring is 1. The van der Waals surface area contributed by atoms with Crippen molar-refractivity contribution in [3.05, 3.63) is 18.2 Å². The van der Waals surface area contributed by atoms with Gasteiger partial charge in [0.05, 0.1) is 12.0 Å². The summed E-state index contributed by atoms with van der Waals surface area (Å²) in [5.41, 5.74) is 5.52. The van der Waals surface area contributed by atoms with E-state index in [0.29, 0.717) is 0 Å². The van der Waals surface area contributed by atoms with Crippen LogP contribution in [0.2, 0.25) is 0 Å². The summed E-state index contributed by atoms with van der Waals surface area (Å²) in [7, 11) is -3.25. The average Bonchev–Trinajstić information content (AvgIpc) is 2.03. The second-order valence-electron chi connectivity index (χ2n) is 2.36. The first-order valence-electron chi connectivity index (χ1n) is 3.34. The van der Waals surface area contributed by atoms with E-state index in [-0.39, 0.29) is 62.8 Å². The predicted octanol–water partition coefficient (Wildman–Crippen LogP) is -2.81. The molecule has 0 amide bonds. The van der Waals surface area contributed by atoms with E-state index >= 15 is 0 Å². The third kappa shape index (κ3) is 3.50. The molecule has 1 aromatic rings. The van der Waals surface area contributed by atoms with Gasteiger partial charge in [0.2, 0.25) is 0 Å². The third-order valence-electron chi connectivity index (χ3n) is 1.46. The van der Waals surface area contributed by atoms with E-state index in [4.69, 9.17) is 10.5 Å². The molecule has 0 bridgehead atoms. The van der Waals surface area contributed by atoms with Gasteiger partial charge in [-0.15, -0.1) is 0 Å². The fourth-order valence-electron chi connectivity index (χ4n) is 0.889. The van der Waals surface area contributed by atoms with Crippen molar-refractivity contribution in [1.82, 2.24) is 0 Å². The Labute approximate surface area is 125 Å². The van der Waals surface area contributed by atoms with Crippen molar-refractivity contribution < 1.29 is 69.1 Å². The molecule has 14 heavy (non-hydrogen) atoms. The number of nitrogens with two attached hydrogens (primary N) is 1. The number of ether oxygens (including phenoxy) is 1. The number of rotatable bonds is 2. The van der Waals surface area contributed by atoms with E-state index < -0.39 is 15.0 Å². The number of benzene rings is 1. The van der Waals surface area contributed by atoms with Crippen LogP contribution in [0.1, 0.15) is 0 Å². The van der Waals surface area contributed by atoms with Crippen molar-refractivity contribution in [2.24, 2.45) is 0 Å². The average molecular weight is 241 g/mol. The number of hydrogen-bond donors (Lipinski definition) is 1. The van der Waals surface area contributed by atoms with Crippen LogP contribution in [0.4, 0.5) is 5.69 Å². The molecule has 0 spiro atoms. The maximum Gasteiger partial charge on any atom is 1.00 e. The summed E-state index contributed by atoms with van der Waals surface area (Å²) >= 11 is 0. The standard InChI is InChI=1S/C7H9NO4S.K/c1-12-6-3-2-5(8)4-7(6)13(9,10)11;/h2-4H,8H2,1H3,(H,9,10,11);/q;+1/p-1. The number of hydrogen-bond acceptors (Lipinski definition) is 5. The van der Waals surface area contributed by atoms with Crippen LogP contribution in [0.15, 0.2) is 23.1 Å². The number of methoxy groups -OCH3 is 1. The zero-order valence-corrected chi connectivity index (χ0v) is 11.8. The minimum absolute atomic E-state index is 0. The van der Waals surface area contributed by atoms with Crippen LogP contribution in [-0.4, -0.2) is 20.1 Å². The molecule has 0 aliphatic heterocycles. The van der Waals surface area contributed by atoms with E-state index in [9.17, 15) is 13.0 Å². The molecule has 0 saturated carbocycles. The first kappa shape index (κ1) is 14.4. The van der Waals surface area contributed by atoms with Gasteiger partial charge in [-0.1, -0.05) is 0 Å². The molecule has 0 aliphatic carbocycles. The third-order valence-corrected chi connectivity index (χ3v) is 2.31. The summed E-state index contributed by atoms with van der Waals surface area (Å²) in [6.45, 7) is 0. The molecular formula is C7H8KNO4S. The second-order valence-corrected chi connectivity index (χ2v) is 3.71. The summed E-state index contributed by atoms with van der Waals surface area (Å²) in [6.07, 6.45) is 0. The summed E-state index contributed by atoms with van der Waals surface area (Å²) < 4.78 is 36.7. The SMILES string of the molecule is COc1ccc(N)cc1S(=O)(=O)[O-].[K+]. The molecule has 7 heteroatoms. The van der Waals surface area contributed by atoms with Gasteiger partial charge in [-0.05, 0) is 18.2 Å². The Balaban J connectivity index is 0.00000169. The van der Waals surface area contributed by atoms with Gasteiger partial charge < -0.3 is 15.0 Å². The van der Waals surface area contributed by atoms with Gasteiger partial charge >= 0.3 is 51.4 Å². The van der Waals surface area contributed by atoms with E-state index in [2.05, 4.69) is 0 Å². The fourth-order valence-corrected chi connectivity index (χ4v) is 1.57. The van der Waals surface area contributed by atoms with Gasteiger partial charge in [-0.3, -0.25) is 0 Å². The zero-order chi connectivity index (χ0) is 10.1. The molecule has 2 N–H and O–H groups in total. The van der Waals surface area contributed by atoms with E-state index in [1.165, 1.54) is 19.2 Å². The Morgan fingerprint density at radius 2 is 2.00 bits per heavy atom. The molecule has 0 unspecified atom stereocenters. The van der Waals surface area contributed by atoms with Crippen molar-refractivity contribution in [3.63, 3.8) is 0 Å². The van der Waals surface area contributed by atoms with Crippen LogP contribution in [-0.2, 0) is 10.1 Å². The Bertz CT molecular complexity index is 418. The quantitative estimate of drug-likeness (QED) is 0.343. The topological polar surface area (TPSA) is 92.5 Å². The molecule has 0 heterocycles. The molecule has 0 aromatic heterocycles. The monoisotopic (exact) mass is 241 g/mol. The normalized spacial score (nSPS) is 10.4. The van der Waals surface area contributed by atoms with E-state index in [1.54, 1.807) is 0 Å². The molecule has 72 valence electrons. The van der Waals surface area contributed by atoms with Gasteiger partial charge in [-0.2, -0.15) is 0 Å². The van der Waals surface area contributed by atoms with Crippen LogP contribution in [0.5, 0.6) is 5.75 Å². The molecule has 0 atom stereocenters. The first-order chi connectivity index (χ1) is 5.95. The van der Waals surface area contributed by atoms with Crippen LogP contribution in [0, 0.1) is 0 Å². The predicted molar refractivity (Wildman–Crippen MR) is 45.4 cm³/mol. The Kier molecular flexibility index (Phi) is 5.59. The minimum atomic E-state index is -4.52. The van der Waals surface area contributed by atoms with Crippen molar-refractivity contribution >= 4 is 15.8 Å². The molecule has 0 fully saturated rings. The summed E-state index contributed by atoms with van der Waals surface area (Å²) in [4.78, 5) is -0.435. The van der Waals surface area contributed by atoms with Crippen molar-refractivity contribution in [2.75, 3.05) is 12.8 Å². The van der Waals surface area contributed by atoms with Crippen molar-refractivity contribution in [1.29, 1.82) is 0 Å². The summed E-state index contributed by atoms with van der Waals surface area (Å²) in [6, 6.07) is 3.86. The summed E-state index contributed by atoms with van der Waals surface area (Å²) in [5.74, 6) is 0.00389. The van der Waals surface area contributed by atoms with Gasteiger partial charge in [-0.25, -0.2) is 8.42 Å². The Hall–Kier alpha value is 0.366. The largest absolute Gasteiger partial charge is 1.00 e. The van der Waals surface area contributed by atoms with Crippen molar-refractivity contribution in [3.8, 4) is 5.75 Å². The van der Waals surface area contributed by atoms with Crippen LogP contribution in [0.25, 0.3) is 0 Å². The van der Waals surface area contributed by atoms with Gasteiger partial charge in [0.25, 0.3) is 0 Å².